The van der Waals surface area contributed by atoms with Crippen molar-refractivity contribution in [2.75, 3.05) is 24.7 Å². The second-order valence-electron chi connectivity index (χ2n) is 6.62. The SMILES string of the molecule is CS(=O)(=O)N1CCC(C(=O)Nc2ccc3c(c2)CCCC3)CC1. The number of nitrogens with one attached hydrogen (secondary N) is 1. The molecule has 1 aromatic carbocycles. The molecular formula is C17H24N2O3S. The van der Waals surface area contributed by atoms with Crippen LogP contribution in [-0.2, 0) is 27.7 Å². The predicted molar refractivity (Wildman–Crippen MR) is 90.9 cm³/mol. The molecule has 1 heterocycles. The van der Waals surface area contributed by atoms with Crippen LogP contribution in [0.2, 0.25) is 0 Å². The van der Waals surface area contributed by atoms with Crippen molar-refractivity contribution in [1.29, 1.82) is 0 Å². The Labute approximate surface area is 138 Å². The average molecular weight is 336 g/mol. The Morgan fingerprint density at radius 1 is 1.13 bits per heavy atom. The molecule has 1 aliphatic carbocycles. The van der Waals surface area contributed by atoms with E-state index in [2.05, 4.69) is 17.4 Å². The molecule has 0 bridgehead atoms. The first-order valence-electron chi connectivity index (χ1n) is 8.31. The fraction of sp³-hybridized carbons (Fsp3) is 0.588. The second-order valence-corrected chi connectivity index (χ2v) is 8.60. The maximum atomic E-state index is 12.4. The smallest absolute Gasteiger partial charge is 0.227 e. The molecule has 5 nitrogen and oxygen atoms in total. The molecule has 0 spiro atoms. The van der Waals surface area contributed by atoms with Gasteiger partial charge in [0.05, 0.1) is 6.26 Å². The number of sulfonamides is 1. The number of piperidine rings is 1. The first-order valence-corrected chi connectivity index (χ1v) is 10.2. The molecule has 23 heavy (non-hydrogen) atoms. The van der Waals surface area contributed by atoms with E-state index in [1.54, 1.807) is 0 Å². The largest absolute Gasteiger partial charge is 0.326 e. The van der Waals surface area contributed by atoms with Crippen LogP contribution in [0, 0.1) is 5.92 Å². The van der Waals surface area contributed by atoms with Crippen LogP contribution in [0.5, 0.6) is 0 Å². The molecule has 0 aromatic heterocycles. The summed E-state index contributed by atoms with van der Waals surface area (Å²) in [6.07, 6.45) is 7.08. The third-order valence-electron chi connectivity index (χ3n) is 4.91. The minimum Gasteiger partial charge on any atom is -0.326 e. The van der Waals surface area contributed by atoms with Gasteiger partial charge in [0.1, 0.15) is 0 Å². The van der Waals surface area contributed by atoms with Gasteiger partial charge in [-0.3, -0.25) is 4.79 Å². The number of nitrogens with zero attached hydrogens (tertiary/aromatic N) is 1. The van der Waals surface area contributed by atoms with E-state index in [1.165, 1.54) is 34.5 Å². The van der Waals surface area contributed by atoms with E-state index in [0.717, 1.165) is 18.5 Å². The fourth-order valence-electron chi connectivity index (χ4n) is 3.51. The quantitative estimate of drug-likeness (QED) is 0.920. The monoisotopic (exact) mass is 336 g/mol. The van der Waals surface area contributed by atoms with Gasteiger partial charge in [-0.15, -0.1) is 0 Å². The molecule has 126 valence electrons. The first kappa shape index (κ1) is 16.5. The van der Waals surface area contributed by atoms with Gasteiger partial charge in [-0.05, 0) is 61.8 Å². The number of hydrogen-bond acceptors (Lipinski definition) is 3. The number of carbonyl (C=O) groups excluding carboxylic acids is 1. The van der Waals surface area contributed by atoms with E-state index >= 15 is 0 Å². The number of carbonyl (C=O) groups is 1. The molecule has 6 heteroatoms. The lowest BCUT2D eigenvalue weighted by atomic mass is 9.91. The molecule has 1 saturated heterocycles. The van der Waals surface area contributed by atoms with Gasteiger partial charge >= 0.3 is 0 Å². The number of aryl methyl sites for hydroxylation is 2. The minimum atomic E-state index is -3.14. The van der Waals surface area contributed by atoms with Gasteiger partial charge in [0, 0.05) is 24.7 Å². The Hall–Kier alpha value is -1.40. The number of rotatable bonds is 3. The Balaban J connectivity index is 1.60. The van der Waals surface area contributed by atoms with Crippen molar-refractivity contribution >= 4 is 21.6 Å². The molecule has 1 aliphatic heterocycles. The summed E-state index contributed by atoms with van der Waals surface area (Å²) in [6, 6.07) is 6.20. The third kappa shape index (κ3) is 3.93. The molecule has 0 unspecified atom stereocenters. The molecular weight excluding hydrogens is 312 g/mol. The number of hydrogen-bond donors (Lipinski definition) is 1. The molecule has 1 aromatic rings. The van der Waals surface area contributed by atoms with Gasteiger partial charge in [-0.25, -0.2) is 12.7 Å². The van der Waals surface area contributed by atoms with Crippen LogP contribution in [0.15, 0.2) is 18.2 Å². The zero-order chi connectivity index (χ0) is 16.4. The molecule has 1 N–H and O–H groups in total. The summed E-state index contributed by atoms with van der Waals surface area (Å²) in [4.78, 5) is 12.4. The van der Waals surface area contributed by atoms with Crippen LogP contribution < -0.4 is 5.32 Å². The van der Waals surface area contributed by atoms with Crippen molar-refractivity contribution in [1.82, 2.24) is 4.31 Å². The van der Waals surface area contributed by atoms with Crippen LogP contribution in [0.4, 0.5) is 5.69 Å². The zero-order valence-corrected chi connectivity index (χ0v) is 14.4. The van der Waals surface area contributed by atoms with Crippen molar-refractivity contribution in [2.24, 2.45) is 5.92 Å². The lowest BCUT2D eigenvalue weighted by molar-refractivity contribution is -0.120. The summed E-state index contributed by atoms with van der Waals surface area (Å²) in [7, 11) is -3.14. The molecule has 0 atom stereocenters. The highest BCUT2D eigenvalue weighted by Gasteiger charge is 2.29. The number of fused-ring (bicyclic) bond motifs is 1. The van der Waals surface area contributed by atoms with Crippen molar-refractivity contribution < 1.29 is 13.2 Å². The van der Waals surface area contributed by atoms with Gasteiger partial charge < -0.3 is 5.32 Å². The lowest BCUT2D eigenvalue weighted by Gasteiger charge is -2.29. The average Bonchev–Trinajstić information content (AvgIpc) is 2.54. The molecule has 3 rings (SSSR count). The molecule has 0 radical (unpaired) electrons. The topological polar surface area (TPSA) is 66.5 Å². The highest BCUT2D eigenvalue weighted by molar-refractivity contribution is 7.88. The van der Waals surface area contributed by atoms with Crippen LogP contribution >= 0.6 is 0 Å². The Bertz CT molecular complexity index is 692. The standard InChI is InChI=1S/C17H24N2O3S/c1-23(21,22)19-10-8-14(9-11-19)17(20)18-16-7-6-13-4-2-3-5-15(13)12-16/h6-7,12,14H,2-5,8-11H2,1H3,(H,18,20). The normalized spacial score (nSPS) is 20.0. The molecule has 1 amide bonds. The summed E-state index contributed by atoms with van der Waals surface area (Å²) in [5.41, 5.74) is 3.61. The minimum absolute atomic E-state index is 0.00825. The highest BCUT2D eigenvalue weighted by Crippen LogP contribution is 2.26. The first-order chi connectivity index (χ1) is 10.9. The van der Waals surface area contributed by atoms with E-state index in [9.17, 15) is 13.2 Å². The van der Waals surface area contributed by atoms with Gasteiger partial charge in [-0.1, -0.05) is 6.07 Å². The summed E-state index contributed by atoms with van der Waals surface area (Å²) in [5.74, 6) is -0.0991. The molecule has 2 aliphatic rings. The number of anilines is 1. The van der Waals surface area contributed by atoms with E-state index in [4.69, 9.17) is 0 Å². The van der Waals surface area contributed by atoms with E-state index in [0.29, 0.717) is 25.9 Å². The van der Waals surface area contributed by atoms with Crippen molar-refractivity contribution in [3.63, 3.8) is 0 Å². The van der Waals surface area contributed by atoms with Crippen molar-refractivity contribution in [2.45, 2.75) is 38.5 Å². The zero-order valence-electron chi connectivity index (χ0n) is 13.5. The fourth-order valence-corrected chi connectivity index (χ4v) is 4.38. The lowest BCUT2D eigenvalue weighted by Crippen LogP contribution is -2.40. The van der Waals surface area contributed by atoms with E-state index < -0.39 is 10.0 Å². The van der Waals surface area contributed by atoms with Gasteiger partial charge in [0.2, 0.25) is 15.9 Å². The number of amides is 1. The van der Waals surface area contributed by atoms with Gasteiger partial charge in [0.25, 0.3) is 0 Å². The predicted octanol–water partition coefficient (Wildman–Crippen LogP) is 2.18. The third-order valence-corrected chi connectivity index (χ3v) is 6.21. The maximum absolute atomic E-state index is 12.4. The molecule has 0 saturated carbocycles. The molecule has 1 fully saturated rings. The Morgan fingerprint density at radius 2 is 1.78 bits per heavy atom. The van der Waals surface area contributed by atoms with Gasteiger partial charge in [0.15, 0.2) is 0 Å². The van der Waals surface area contributed by atoms with Crippen LogP contribution in [0.1, 0.15) is 36.8 Å². The van der Waals surface area contributed by atoms with Gasteiger partial charge in [-0.2, -0.15) is 0 Å². The summed E-state index contributed by atoms with van der Waals surface area (Å²) in [6.45, 7) is 0.863. The maximum Gasteiger partial charge on any atom is 0.227 e. The van der Waals surface area contributed by atoms with Crippen molar-refractivity contribution in [3.05, 3.63) is 29.3 Å². The van der Waals surface area contributed by atoms with Crippen LogP contribution in [0.25, 0.3) is 0 Å². The second kappa shape index (κ2) is 6.61. The highest BCUT2D eigenvalue weighted by atomic mass is 32.2. The Morgan fingerprint density at radius 3 is 2.43 bits per heavy atom. The van der Waals surface area contributed by atoms with Crippen LogP contribution in [-0.4, -0.2) is 38.0 Å². The van der Waals surface area contributed by atoms with Crippen molar-refractivity contribution in [3.8, 4) is 0 Å². The summed E-state index contributed by atoms with van der Waals surface area (Å²) < 4.78 is 24.5. The van der Waals surface area contributed by atoms with E-state index in [-0.39, 0.29) is 11.8 Å². The summed E-state index contributed by atoms with van der Waals surface area (Å²) >= 11 is 0. The number of benzene rings is 1. The van der Waals surface area contributed by atoms with Crippen LogP contribution in [0.3, 0.4) is 0 Å². The summed E-state index contributed by atoms with van der Waals surface area (Å²) in [5, 5.41) is 3.01. The Kier molecular flexibility index (Phi) is 4.73. The van der Waals surface area contributed by atoms with E-state index in [1.807, 2.05) is 6.07 Å².